The monoisotopic (exact) mass is 374 g/mol. The van der Waals surface area contributed by atoms with Crippen molar-refractivity contribution in [1.29, 1.82) is 0 Å². The van der Waals surface area contributed by atoms with E-state index in [1.807, 2.05) is 19.1 Å². The van der Waals surface area contributed by atoms with Crippen molar-refractivity contribution in [2.75, 3.05) is 26.3 Å². The zero-order valence-corrected chi connectivity index (χ0v) is 16.7. The SMILES string of the molecule is CCNC(=NCc1ccc(C(N)=O)cc1)NCC1(CCOCC)CCCC1. The Bertz CT molecular complexity index is 607. The third-order valence-corrected chi connectivity index (χ3v) is 5.28. The van der Waals surface area contributed by atoms with Gasteiger partial charge in [0.15, 0.2) is 5.96 Å². The summed E-state index contributed by atoms with van der Waals surface area (Å²) in [6.07, 6.45) is 6.20. The molecular weight excluding hydrogens is 340 g/mol. The number of nitrogens with two attached hydrogens (primary N) is 1. The maximum Gasteiger partial charge on any atom is 0.248 e. The Kier molecular flexibility index (Phi) is 8.58. The van der Waals surface area contributed by atoms with E-state index < -0.39 is 5.91 Å². The number of hydrogen-bond acceptors (Lipinski definition) is 3. The van der Waals surface area contributed by atoms with E-state index in [9.17, 15) is 4.79 Å². The molecule has 0 atom stereocenters. The van der Waals surface area contributed by atoms with Crippen molar-refractivity contribution >= 4 is 11.9 Å². The molecular formula is C21H34N4O2. The van der Waals surface area contributed by atoms with E-state index in [2.05, 4.69) is 17.6 Å². The van der Waals surface area contributed by atoms with Crippen LogP contribution in [0.25, 0.3) is 0 Å². The topological polar surface area (TPSA) is 88.7 Å². The lowest BCUT2D eigenvalue weighted by molar-refractivity contribution is 0.1000. The molecule has 6 nitrogen and oxygen atoms in total. The lowest BCUT2D eigenvalue weighted by Gasteiger charge is -2.30. The van der Waals surface area contributed by atoms with Gasteiger partial charge in [0.2, 0.25) is 5.91 Å². The summed E-state index contributed by atoms with van der Waals surface area (Å²) in [6, 6.07) is 7.28. The van der Waals surface area contributed by atoms with Gasteiger partial charge in [-0.3, -0.25) is 4.79 Å². The molecule has 0 spiro atoms. The standard InChI is InChI=1S/C21H34N4O2/c1-3-23-20(24-15-17-7-9-18(10-8-17)19(22)26)25-16-21(11-5-6-12-21)13-14-27-4-2/h7-10H,3-6,11-16H2,1-2H3,(H2,22,26)(H2,23,24,25). The summed E-state index contributed by atoms with van der Waals surface area (Å²) in [7, 11) is 0. The molecule has 0 bridgehead atoms. The highest BCUT2D eigenvalue weighted by Crippen LogP contribution is 2.40. The van der Waals surface area contributed by atoms with Gasteiger partial charge in [-0.15, -0.1) is 0 Å². The maximum absolute atomic E-state index is 11.2. The van der Waals surface area contributed by atoms with Gasteiger partial charge in [-0.05, 0) is 56.2 Å². The molecule has 1 aromatic rings. The van der Waals surface area contributed by atoms with Crippen molar-refractivity contribution in [2.24, 2.45) is 16.1 Å². The summed E-state index contributed by atoms with van der Waals surface area (Å²) >= 11 is 0. The first-order valence-electron chi connectivity index (χ1n) is 10.1. The van der Waals surface area contributed by atoms with Crippen LogP contribution in [-0.2, 0) is 11.3 Å². The van der Waals surface area contributed by atoms with Crippen molar-refractivity contribution in [3.63, 3.8) is 0 Å². The van der Waals surface area contributed by atoms with Gasteiger partial charge in [-0.2, -0.15) is 0 Å². The second-order valence-corrected chi connectivity index (χ2v) is 7.26. The fourth-order valence-corrected chi connectivity index (χ4v) is 3.63. The van der Waals surface area contributed by atoms with Crippen molar-refractivity contribution in [3.05, 3.63) is 35.4 Å². The molecule has 27 heavy (non-hydrogen) atoms. The highest BCUT2D eigenvalue weighted by molar-refractivity contribution is 5.92. The number of guanidine groups is 1. The molecule has 0 saturated heterocycles. The zero-order chi connectivity index (χ0) is 19.5. The van der Waals surface area contributed by atoms with Gasteiger partial charge in [0.05, 0.1) is 6.54 Å². The van der Waals surface area contributed by atoms with E-state index in [1.165, 1.54) is 25.7 Å². The highest BCUT2D eigenvalue weighted by atomic mass is 16.5. The van der Waals surface area contributed by atoms with Gasteiger partial charge in [-0.1, -0.05) is 25.0 Å². The summed E-state index contributed by atoms with van der Waals surface area (Å²) in [4.78, 5) is 15.9. The van der Waals surface area contributed by atoms with Gasteiger partial charge >= 0.3 is 0 Å². The quantitative estimate of drug-likeness (QED) is 0.334. The zero-order valence-electron chi connectivity index (χ0n) is 16.7. The Labute approximate surface area is 163 Å². The van der Waals surface area contributed by atoms with Gasteiger partial charge in [0.1, 0.15) is 0 Å². The summed E-state index contributed by atoms with van der Waals surface area (Å²) in [6.45, 7) is 8.02. The van der Waals surface area contributed by atoms with Crippen LogP contribution in [0.5, 0.6) is 0 Å². The average molecular weight is 375 g/mol. The van der Waals surface area contributed by atoms with E-state index in [0.717, 1.165) is 44.2 Å². The number of hydrogen-bond donors (Lipinski definition) is 3. The van der Waals surface area contributed by atoms with E-state index >= 15 is 0 Å². The molecule has 0 radical (unpaired) electrons. The molecule has 4 N–H and O–H groups in total. The summed E-state index contributed by atoms with van der Waals surface area (Å²) < 4.78 is 5.60. The van der Waals surface area contributed by atoms with Crippen molar-refractivity contribution in [1.82, 2.24) is 10.6 Å². The van der Waals surface area contributed by atoms with Crippen LogP contribution in [0.3, 0.4) is 0 Å². The number of amides is 1. The van der Waals surface area contributed by atoms with E-state index in [1.54, 1.807) is 12.1 Å². The van der Waals surface area contributed by atoms with Gasteiger partial charge in [-0.25, -0.2) is 4.99 Å². The second kappa shape index (κ2) is 10.9. The van der Waals surface area contributed by atoms with Crippen molar-refractivity contribution in [3.8, 4) is 0 Å². The molecule has 0 unspecified atom stereocenters. The molecule has 2 rings (SSSR count). The minimum absolute atomic E-state index is 0.314. The number of rotatable bonds is 10. The molecule has 1 aliphatic carbocycles. The van der Waals surface area contributed by atoms with Gasteiger partial charge in [0, 0.05) is 31.9 Å². The predicted octanol–water partition coefficient (Wildman–Crippen LogP) is 2.83. The van der Waals surface area contributed by atoms with Crippen LogP contribution in [0, 0.1) is 5.41 Å². The molecule has 1 amide bonds. The fraction of sp³-hybridized carbons (Fsp3) is 0.619. The summed E-state index contributed by atoms with van der Waals surface area (Å²) in [5.74, 6) is 0.424. The minimum Gasteiger partial charge on any atom is -0.382 e. The van der Waals surface area contributed by atoms with Crippen LogP contribution in [-0.4, -0.2) is 38.2 Å². The van der Waals surface area contributed by atoms with Crippen LogP contribution in [0.1, 0.15) is 61.9 Å². The number of carbonyl (C=O) groups is 1. The molecule has 0 heterocycles. The number of primary amides is 1. The van der Waals surface area contributed by atoms with Crippen LogP contribution >= 0.6 is 0 Å². The summed E-state index contributed by atoms with van der Waals surface area (Å²) in [5, 5.41) is 6.86. The number of carbonyl (C=O) groups excluding carboxylic acids is 1. The normalized spacial score (nSPS) is 16.3. The first-order valence-corrected chi connectivity index (χ1v) is 10.1. The molecule has 1 aliphatic rings. The first-order chi connectivity index (χ1) is 13.1. The van der Waals surface area contributed by atoms with E-state index in [4.69, 9.17) is 15.5 Å². The lowest BCUT2D eigenvalue weighted by atomic mass is 9.83. The number of nitrogens with zero attached hydrogens (tertiary/aromatic N) is 1. The minimum atomic E-state index is -0.408. The third-order valence-electron chi connectivity index (χ3n) is 5.28. The Morgan fingerprint density at radius 2 is 1.89 bits per heavy atom. The molecule has 6 heteroatoms. The average Bonchev–Trinajstić information content (AvgIpc) is 3.13. The molecule has 1 aromatic carbocycles. The van der Waals surface area contributed by atoms with Crippen LogP contribution in [0.2, 0.25) is 0 Å². The molecule has 150 valence electrons. The van der Waals surface area contributed by atoms with Gasteiger partial charge in [0.25, 0.3) is 0 Å². The third kappa shape index (κ3) is 6.86. The van der Waals surface area contributed by atoms with Crippen molar-refractivity contribution in [2.45, 2.75) is 52.5 Å². The Balaban J connectivity index is 1.94. The predicted molar refractivity (Wildman–Crippen MR) is 110 cm³/mol. The van der Waals surface area contributed by atoms with Crippen LogP contribution in [0.4, 0.5) is 0 Å². The second-order valence-electron chi connectivity index (χ2n) is 7.26. The summed E-state index contributed by atoms with van der Waals surface area (Å²) in [5.41, 5.74) is 7.16. The maximum atomic E-state index is 11.2. The number of nitrogens with one attached hydrogen (secondary N) is 2. The molecule has 0 aromatic heterocycles. The van der Waals surface area contributed by atoms with Crippen LogP contribution < -0.4 is 16.4 Å². The smallest absolute Gasteiger partial charge is 0.248 e. The molecule has 1 fully saturated rings. The number of aliphatic imine (C=N–C) groups is 1. The largest absolute Gasteiger partial charge is 0.382 e. The molecule has 1 saturated carbocycles. The van der Waals surface area contributed by atoms with E-state index in [0.29, 0.717) is 17.5 Å². The Morgan fingerprint density at radius 3 is 2.48 bits per heavy atom. The van der Waals surface area contributed by atoms with Crippen LogP contribution in [0.15, 0.2) is 29.3 Å². The Hall–Kier alpha value is -2.08. The Morgan fingerprint density at radius 1 is 1.19 bits per heavy atom. The molecule has 0 aliphatic heterocycles. The van der Waals surface area contributed by atoms with Crippen molar-refractivity contribution < 1.29 is 9.53 Å². The highest BCUT2D eigenvalue weighted by Gasteiger charge is 2.33. The fourth-order valence-electron chi connectivity index (χ4n) is 3.63. The van der Waals surface area contributed by atoms with Gasteiger partial charge < -0.3 is 21.1 Å². The number of ether oxygens (including phenoxy) is 1. The number of benzene rings is 1. The first kappa shape index (κ1) is 21.2. The van der Waals surface area contributed by atoms with E-state index in [-0.39, 0.29) is 0 Å². The lowest BCUT2D eigenvalue weighted by Crippen LogP contribution is -2.43.